The molecule has 7 heteroatoms. The first-order valence-electron chi connectivity index (χ1n) is 7.27. The number of aryl methyl sites for hydroxylation is 1. The number of anilines is 1. The molecule has 0 fully saturated rings. The van der Waals surface area contributed by atoms with Gasteiger partial charge in [0.25, 0.3) is 0 Å². The first-order valence-corrected chi connectivity index (χ1v) is 8.07. The van der Waals surface area contributed by atoms with Crippen LogP contribution in [0.5, 0.6) is 11.5 Å². The molecular weight excluding hydrogens is 396 g/mol. The summed E-state index contributed by atoms with van der Waals surface area (Å²) >= 11 is 3.35. The molecule has 2 rings (SSSR count). The standard InChI is InChI=1S/C18H16BrF2NO3/c1-11-10-13(19)7-8-14(11)22-16(23)9-6-12-4-3-5-15(24-2)17(12)25-18(20)21/h3-10,18H,1-2H3,(H,22,23)/b9-6+. The number of rotatable bonds is 6. The third-order valence-electron chi connectivity index (χ3n) is 3.30. The van der Waals surface area contributed by atoms with Gasteiger partial charge in [0.15, 0.2) is 11.5 Å². The number of para-hydroxylation sites is 1. The minimum absolute atomic E-state index is 0.121. The molecule has 2 aromatic carbocycles. The van der Waals surface area contributed by atoms with E-state index in [2.05, 4.69) is 26.0 Å². The van der Waals surface area contributed by atoms with Crippen molar-refractivity contribution in [1.29, 1.82) is 0 Å². The van der Waals surface area contributed by atoms with Crippen molar-refractivity contribution < 1.29 is 23.0 Å². The normalized spacial score (nSPS) is 11.0. The van der Waals surface area contributed by atoms with E-state index in [0.29, 0.717) is 11.3 Å². The monoisotopic (exact) mass is 411 g/mol. The van der Waals surface area contributed by atoms with Gasteiger partial charge < -0.3 is 14.8 Å². The van der Waals surface area contributed by atoms with Gasteiger partial charge in [-0.3, -0.25) is 4.79 Å². The summed E-state index contributed by atoms with van der Waals surface area (Å²) in [7, 11) is 1.35. The highest BCUT2D eigenvalue weighted by Gasteiger charge is 2.14. The van der Waals surface area contributed by atoms with Gasteiger partial charge in [0.05, 0.1) is 7.11 Å². The average Bonchev–Trinajstić information content (AvgIpc) is 2.56. The Morgan fingerprint density at radius 1 is 1.28 bits per heavy atom. The van der Waals surface area contributed by atoms with Crippen molar-refractivity contribution in [2.45, 2.75) is 13.5 Å². The molecule has 0 bridgehead atoms. The highest BCUT2D eigenvalue weighted by molar-refractivity contribution is 9.10. The Kier molecular flexibility index (Phi) is 6.52. The maximum atomic E-state index is 12.6. The van der Waals surface area contributed by atoms with E-state index in [0.717, 1.165) is 10.0 Å². The van der Waals surface area contributed by atoms with Crippen LogP contribution in [0.2, 0.25) is 0 Å². The Morgan fingerprint density at radius 3 is 2.68 bits per heavy atom. The van der Waals surface area contributed by atoms with Crippen molar-refractivity contribution in [3.8, 4) is 11.5 Å². The Morgan fingerprint density at radius 2 is 2.04 bits per heavy atom. The van der Waals surface area contributed by atoms with Gasteiger partial charge in [0, 0.05) is 21.8 Å². The molecule has 0 aromatic heterocycles. The fourth-order valence-electron chi connectivity index (χ4n) is 2.15. The van der Waals surface area contributed by atoms with Crippen molar-refractivity contribution >= 4 is 33.6 Å². The molecule has 2 aromatic rings. The molecule has 25 heavy (non-hydrogen) atoms. The SMILES string of the molecule is COc1cccc(/C=C/C(=O)Nc2ccc(Br)cc2C)c1OC(F)F. The molecule has 0 saturated carbocycles. The quantitative estimate of drug-likeness (QED) is 0.678. The number of carbonyl (C=O) groups excluding carboxylic acids is 1. The summed E-state index contributed by atoms with van der Waals surface area (Å²) in [5.41, 5.74) is 1.86. The molecule has 132 valence electrons. The first-order chi connectivity index (χ1) is 11.9. The van der Waals surface area contributed by atoms with Crippen LogP contribution in [0.1, 0.15) is 11.1 Å². The Labute approximate surface area is 152 Å². The molecule has 0 spiro atoms. The fraction of sp³-hybridized carbons (Fsp3) is 0.167. The van der Waals surface area contributed by atoms with Gasteiger partial charge in [-0.1, -0.05) is 28.1 Å². The lowest BCUT2D eigenvalue weighted by atomic mass is 10.1. The molecule has 0 aliphatic carbocycles. The number of benzene rings is 2. The maximum Gasteiger partial charge on any atom is 0.387 e. The molecule has 0 radical (unpaired) electrons. The van der Waals surface area contributed by atoms with Gasteiger partial charge >= 0.3 is 6.61 Å². The second-order valence-electron chi connectivity index (χ2n) is 5.04. The van der Waals surface area contributed by atoms with Crippen LogP contribution in [0.25, 0.3) is 6.08 Å². The van der Waals surface area contributed by atoms with Gasteiger partial charge in [0.1, 0.15) is 0 Å². The lowest BCUT2D eigenvalue weighted by Gasteiger charge is -2.12. The van der Waals surface area contributed by atoms with Gasteiger partial charge in [-0.2, -0.15) is 8.78 Å². The summed E-state index contributed by atoms with van der Waals surface area (Å²) in [6.07, 6.45) is 2.64. The number of ether oxygens (including phenoxy) is 2. The second-order valence-corrected chi connectivity index (χ2v) is 5.95. The molecule has 1 N–H and O–H groups in total. The topological polar surface area (TPSA) is 47.6 Å². The van der Waals surface area contributed by atoms with Crippen LogP contribution in [-0.2, 0) is 4.79 Å². The Balaban J connectivity index is 2.19. The minimum atomic E-state index is -3.00. The van der Waals surface area contributed by atoms with Crippen LogP contribution in [0.4, 0.5) is 14.5 Å². The van der Waals surface area contributed by atoms with E-state index >= 15 is 0 Å². The van der Waals surface area contributed by atoms with Crippen molar-refractivity contribution in [3.05, 3.63) is 58.1 Å². The van der Waals surface area contributed by atoms with Crippen molar-refractivity contribution in [2.24, 2.45) is 0 Å². The van der Waals surface area contributed by atoms with E-state index in [9.17, 15) is 13.6 Å². The van der Waals surface area contributed by atoms with Crippen LogP contribution < -0.4 is 14.8 Å². The molecule has 0 atom stereocenters. The summed E-state index contributed by atoms with van der Waals surface area (Å²) < 4.78 is 35.6. The fourth-order valence-corrected chi connectivity index (χ4v) is 2.62. The summed E-state index contributed by atoms with van der Waals surface area (Å²) in [6, 6.07) is 10.1. The van der Waals surface area contributed by atoms with Crippen molar-refractivity contribution in [3.63, 3.8) is 0 Å². The van der Waals surface area contributed by atoms with E-state index in [1.54, 1.807) is 18.2 Å². The highest BCUT2D eigenvalue weighted by Crippen LogP contribution is 2.33. The van der Waals surface area contributed by atoms with E-state index < -0.39 is 12.5 Å². The van der Waals surface area contributed by atoms with Gasteiger partial charge in [0.2, 0.25) is 5.91 Å². The second kappa shape index (κ2) is 8.62. The predicted molar refractivity (Wildman–Crippen MR) is 96.2 cm³/mol. The molecule has 1 amide bonds. The van der Waals surface area contributed by atoms with E-state index in [-0.39, 0.29) is 11.5 Å². The van der Waals surface area contributed by atoms with Crippen LogP contribution in [0.3, 0.4) is 0 Å². The summed E-state index contributed by atoms with van der Waals surface area (Å²) in [6.45, 7) is -1.14. The zero-order valence-electron chi connectivity index (χ0n) is 13.6. The molecule has 4 nitrogen and oxygen atoms in total. The number of carbonyl (C=O) groups is 1. The number of amides is 1. The van der Waals surface area contributed by atoms with Crippen molar-refractivity contribution in [2.75, 3.05) is 12.4 Å². The largest absolute Gasteiger partial charge is 0.493 e. The van der Waals surface area contributed by atoms with Crippen LogP contribution in [0.15, 0.2) is 46.9 Å². The third-order valence-corrected chi connectivity index (χ3v) is 3.79. The Bertz CT molecular complexity index is 794. The van der Waals surface area contributed by atoms with E-state index in [1.165, 1.54) is 25.3 Å². The third kappa shape index (κ3) is 5.29. The number of halogens is 3. The summed E-state index contributed by atoms with van der Waals surface area (Å²) in [4.78, 5) is 12.1. The number of hydrogen-bond donors (Lipinski definition) is 1. The van der Waals surface area contributed by atoms with E-state index in [4.69, 9.17) is 4.74 Å². The van der Waals surface area contributed by atoms with Crippen LogP contribution in [0, 0.1) is 6.92 Å². The summed E-state index contributed by atoms with van der Waals surface area (Å²) in [5, 5.41) is 2.73. The lowest BCUT2D eigenvalue weighted by Crippen LogP contribution is -2.09. The molecule has 0 aliphatic rings. The molecular formula is C18H16BrF2NO3. The number of nitrogens with one attached hydrogen (secondary N) is 1. The highest BCUT2D eigenvalue weighted by atomic mass is 79.9. The predicted octanol–water partition coefficient (Wildman–Crippen LogP) is 5.02. The molecule has 0 heterocycles. The zero-order valence-corrected chi connectivity index (χ0v) is 15.1. The maximum absolute atomic E-state index is 12.6. The number of alkyl halides is 2. The average molecular weight is 412 g/mol. The first kappa shape index (κ1) is 18.9. The minimum Gasteiger partial charge on any atom is -0.493 e. The zero-order chi connectivity index (χ0) is 18.4. The summed E-state index contributed by atoms with van der Waals surface area (Å²) in [5.74, 6) is -0.355. The van der Waals surface area contributed by atoms with Gasteiger partial charge in [-0.05, 0) is 42.8 Å². The van der Waals surface area contributed by atoms with Crippen molar-refractivity contribution in [1.82, 2.24) is 0 Å². The number of methoxy groups -OCH3 is 1. The van der Waals surface area contributed by atoms with E-state index in [1.807, 2.05) is 19.1 Å². The Hall–Kier alpha value is -2.41. The lowest BCUT2D eigenvalue weighted by molar-refractivity contribution is -0.111. The van der Waals surface area contributed by atoms with Crippen LogP contribution in [-0.4, -0.2) is 19.6 Å². The smallest absolute Gasteiger partial charge is 0.387 e. The van der Waals surface area contributed by atoms with Gasteiger partial charge in [-0.15, -0.1) is 0 Å². The van der Waals surface area contributed by atoms with Crippen LogP contribution >= 0.6 is 15.9 Å². The van der Waals surface area contributed by atoms with Gasteiger partial charge in [-0.25, -0.2) is 0 Å². The molecule has 0 unspecified atom stereocenters. The number of hydrogen-bond acceptors (Lipinski definition) is 3. The molecule has 0 aliphatic heterocycles. The molecule has 0 saturated heterocycles.